The topological polar surface area (TPSA) is 66.8 Å². The maximum absolute atomic E-state index is 12.0. The second-order valence-corrected chi connectivity index (χ2v) is 7.74. The summed E-state index contributed by atoms with van der Waals surface area (Å²) in [6.07, 6.45) is 3.16. The van der Waals surface area contributed by atoms with Gasteiger partial charge in [0.25, 0.3) is 0 Å². The summed E-state index contributed by atoms with van der Waals surface area (Å²) in [4.78, 5) is 26.8. The molecule has 1 amide bonds. The normalized spacial score (nSPS) is 10.6. The molecule has 27 heavy (non-hydrogen) atoms. The van der Waals surface area contributed by atoms with Crippen molar-refractivity contribution in [2.45, 2.75) is 25.7 Å². The molecule has 1 N–H and O–H groups in total. The zero-order chi connectivity index (χ0) is 19.6. The number of aryl methyl sites for hydroxylation is 2. The van der Waals surface area contributed by atoms with E-state index in [1.807, 2.05) is 30.3 Å². The summed E-state index contributed by atoms with van der Waals surface area (Å²) in [5.41, 5.74) is 1.13. The zero-order valence-corrected chi connectivity index (χ0v) is 16.9. The van der Waals surface area contributed by atoms with E-state index in [9.17, 15) is 14.7 Å². The van der Waals surface area contributed by atoms with Crippen LogP contribution in [-0.2, 0) is 22.4 Å². The van der Waals surface area contributed by atoms with E-state index in [1.54, 1.807) is 11.0 Å². The molecule has 0 aliphatic heterocycles. The number of benzene rings is 1. The summed E-state index contributed by atoms with van der Waals surface area (Å²) in [5.74, 6) is -0.591. The first-order valence-corrected chi connectivity index (χ1v) is 10.0. The lowest BCUT2D eigenvalue weighted by atomic mass is 10.1. The van der Waals surface area contributed by atoms with Gasteiger partial charge in [0.2, 0.25) is 5.91 Å². The summed E-state index contributed by atoms with van der Waals surface area (Å²) in [6, 6.07) is 11.4. The van der Waals surface area contributed by atoms with Gasteiger partial charge in [-0.05, 0) is 55.5 Å². The number of aliphatic hydroxyl groups excluding tert-OH is 1. The number of amides is 1. The smallest absolute Gasteiger partial charge is 0.348 e. The number of esters is 1. The Morgan fingerprint density at radius 2 is 1.89 bits per heavy atom. The van der Waals surface area contributed by atoms with Crippen molar-refractivity contribution in [2.75, 3.05) is 26.8 Å². The molecule has 0 saturated carbocycles. The number of rotatable bonds is 10. The van der Waals surface area contributed by atoms with Crippen LogP contribution in [0.2, 0.25) is 5.02 Å². The van der Waals surface area contributed by atoms with Gasteiger partial charge >= 0.3 is 5.97 Å². The van der Waals surface area contributed by atoms with Crippen LogP contribution in [-0.4, -0.2) is 48.7 Å². The van der Waals surface area contributed by atoms with Gasteiger partial charge in [-0.2, -0.15) is 0 Å². The van der Waals surface area contributed by atoms with Crippen LogP contribution in [0, 0.1) is 0 Å². The van der Waals surface area contributed by atoms with Crippen molar-refractivity contribution in [3.05, 3.63) is 56.7 Å². The third-order valence-electron chi connectivity index (χ3n) is 4.17. The molecule has 0 saturated heterocycles. The van der Waals surface area contributed by atoms with Crippen molar-refractivity contribution in [3.8, 4) is 0 Å². The van der Waals surface area contributed by atoms with Crippen molar-refractivity contribution >= 4 is 34.8 Å². The van der Waals surface area contributed by atoms with E-state index >= 15 is 0 Å². The number of carbonyl (C=O) groups is 2. The predicted octanol–water partition coefficient (Wildman–Crippen LogP) is 3.57. The Bertz CT molecular complexity index is 762. The first-order chi connectivity index (χ1) is 13.0. The van der Waals surface area contributed by atoms with Gasteiger partial charge < -0.3 is 14.7 Å². The van der Waals surface area contributed by atoms with Crippen molar-refractivity contribution in [3.63, 3.8) is 0 Å². The SMILES string of the molecule is COC(=O)c1ccc(CCCN(CCCc2cccc(Cl)c2)C(=O)CO)s1. The fraction of sp³-hybridized carbons (Fsp3) is 0.400. The average Bonchev–Trinajstić information content (AvgIpc) is 3.14. The first kappa shape index (κ1) is 21.4. The van der Waals surface area contributed by atoms with Crippen LogP contribution in [0.3, 0.4) is 0 Å². The Morgan fingerprint density at radius 1 is 1.15 bits per heavy atom. The van der Waals surface area contributed by atoms with Crippen LogP contribution < -0.4 is 0 Å². The molecule has 2 rings (SSSR count). The van der Waals surface area contributed by atoms with Crippen molar-refractivity contribution in [1.29, 1.82) is 0 Å². The Balaban J connectivity index is 1.80. The monoisotopic (exact) mass is 409 g/mol. The summed E-state index contributed by atoms with van der Waals surface area (Å²) in [7, 11) is 1.36. The highest BCUT2D eigenvalue weighted by Gasteiger charge is 2.13. The second kappa shape index (κ2) is 11.1. The lowest BCUT2D eigenvalue weighted by molar-refractivity contribution is -0.134. The number of halogens is 1. The fourth-order valence-electron chi connectivity index (χ4n) is 2.79. The van der Waals surface area contributed by atoms with Gasteiger partial charge in [0, 0.05) is 23.0 Å². The minimum atomic E-state index is -0.483. The number of hydrogen-bond donors (Lipinski definition) is 1. The third-order valence-corrected chi connectivity index (χ3v) is 5.53. The molecular formula is C20H24ClNO4S. The van der Waals surface area contributed by atoms with E-state index in [-0.39, 0.29) is 11.9 Å². The van der Waals surface area contributed by atoms with Crippen molar-refractivity contribution in [1.82, 2.24) is 4.90 Å². The summed E-state index contributed by atoms with van der Waals surface area (Å²) in [6.45, 7) is 0.673. The predicted molar refractivity (Wildman–Crippen MR) is 107 cm³/mol. The summed E-state index contributed by atoms with van der Waals surface area (Å²) in [5, 5.41) is 9.91. The van der Waals surface area contributed by atoms with Crippen molar-refractivity contribution in [2.24, 2.45) is 0 Å². The minimum Gasteiger partial charge on any atom is -0.465 e. The number of hydrogen-bond acceptors (Lipinski definition) is 5. The molecule has 146 valence electrons. The van der Waals surface area contributed by atoms with Crippen LogP contribution in [0.15, 0.2) is 36.4 Å². The van der Waals surface area contributed by atoms with E-state index in [0.29, 0.717) is 23.0 Å². The minimum absolute atomic E-state index is 0.262. The van der Waals surface area contributed by atoms with Crippen LogP contribution in [0.5, 0.6) is 0 Å². The fourth-order valence-corrected chi connectivity index (χ4v) is 3.98. The molecule has 0 unspecified atom stereocenters. The Labute approximate surface area is 168 Å². The molecule has 5 nitrogen and oxygen atoms in total. The summed E-state index contributed by atoms with van der Waals surface area (Å²) < 4.78 is 4.71. The highest BCUT2D eigenvalue weighted by atomic mass is 35.5. The molecular weight excluding hydrogens is 386 g/mol. The van der Waals surface area contributed by atoms with E-state index in [2.05, 4.69) is 0 Å². The molecule has 0 aliphatic rings. The number of methoxy groups -OCH3 is 1. The van der Waals surface area contributed by atoms with Gasteiger partial charge in [0.05, 0.1) is 7.11 Å². The molecule has 0 fully saturated rings. The Hall–Kier alpha value is -1.89. The number of aliphatic hydroxyl groups is 1. The van der Waals surface area contributed by atoms with Gasteiger partial charge in [-0.15, -0.1) is 11.3 Å². The Kier molecular flexibility index (Phi) is 8.78. The standard InChI is InChI=1S/C20H24ClNO4S/c1-26-20(25)18-10-9-17(27-18)8-4-12-22(19(24)14-23)11-3-6-15-5-2-7-16(21)13-15/h2,5,7,9-10,13,23H,3-4,6,8,11-12,14H2,1H3. The van der Waals surface area contributed by atoms with Crippen LogP contribution in [0.1, 0.15) is 33.0 Å². The highest BCUT2D eigenvalue weighted by molar-refractivity contribution is 7.13. The maximum Gasteiger partial charge on any atom is 0.348 e. The third kappa shape index (κ3) is 6.97. The average molecular weight is 410 g/mol. The number of ether oxygens (including phenoxy) is 1. The van der Waals surface area contributed by atoms with E-state index in [4.69, 9.17) is 16.3 Å². The molecule has 1 aromatic carbocycles. The van der Waals surface area contributed by atoms with Crippen molar-refractivity contribution < 1.29 is 19.4 Å². The second-order valence-electron chi connectivity index (χ2n) is 6.13. The molecule has 0 radical (unpaired) electrons. The lowest BCUT2D eigenvalue weighted by Gasteiger charge is -2.21. The molecule has 1 aromatic heterocycles. The summed E-state index contributed by atoms with van der Waals surface area (Å²) >= 11 is 7.40. The number of thiophene rings is 1. The Morgan fingerprint density at radius 3 is 2.56 bits per heavy atom. The van der Waals surface area contributed by atoms with Gasteiger partial charge in [0.15, 0.2) is 0 Å². The van der Waals surface area contributed by atoms with Crippen LogP contribution in [0.25, 0.3) is 0 Å². The van der Waals surface area contributed by atoms with Gasteiger partial charge in [0.1, 0.15) is 11.5 Å². The molecule has 0 atom stereocenters. The largest absolute Gasteiger partial charge is 0.465 e. The highest BCUT2D eigenvalue weighted by Crippen LogP contribution is 2.19. The molecule has 7 heteroatoms. The van der Waals surface area contributed by atoms with Crippen LogP contribution >= 0.6 is 22.9 Å². The molecule has 0 aliphatic carbocycles. The zero-order valence-electron chi connectivity index (χ0n) is 15.3. The van der Waals surface area contributed by atoms with E-state index < -0.39 is 6.61 Å². The van der Waals surface area contributed by atoms with Gasteiger partial charge in [-0.25, -0.2) is 4.79 Å². The molecule has 2 aromatic rings. The quantitative estimate of drug-likeness (QED) is 0.609. The lowest BCUT2D eigenvalue weighted by Crippen LogP contribution is -2.35. The molecule has 0 spiro atoms. The van der Waals surface area contributed by atoms with E-state index in [0.717, 1.165) is 36.1 Å². The number of nitrogens with zero attached hydrogens (tertiary/aromatic N) is 1. The molecule has 1 heterocycles. The first-order valence-electron chi connectivity index (χ1n) is 8.83. The number of carbonyl (C=O) groups excluding carboxylic acids is 2. The maximum atomic E-state index is 12.0. The van der Waals surface area contributed by atoms with E-state index in [1.165, 1.54) is 18.4 Å². The van der Waals surface area contributed by atoms with Gasteiger partial charge in [-0.1, -0.05) is 23.7 Å². The van der Waals surface area contributed by atoms with Gasteiger partial charge in [-0.3, -0.25) is 4.79 Å². The van der Waals surface area contributed by atoms with Crippen LogP contribution in [0.4, 0.5) is 0 Å². The molecule has 0 bridgehead atoms.